The van der Waals surface area contributed by atoms with Gasteiger partial charge in [-0.25, -0.2) is 9.78 Å². The Kier molecular flexibility index (Phi) is 2.59. The van der Waals surface area contributed by atoms with Crippen molar-refractivity contribution in [1.82, 2.24) is 9.55 Å². The summed E-state index contributed by atoms with van der Waals surface area (Å²) < 4.78 is 1.44. The van der Waals surface area contributed by atoms with Gasteiger partial charge in [-0.3, -0.25) is 4.57 Å². The Morgan fingerprint density at radius 2 is 2.50 bits per heavy atom. The third kappa shape index (κ3) is 1.92. The summed E-state index contributed by atoms with van der Waals surface area (Å²) in [4.78, 5) is 14.6. The highest BCUT2D eigenvalue weighted by Crippen LogP contribution is 1.90. The van der Waals surface area contributed by atoms with Gasteiger partial charge in [0.05, 0.1) is 12.5 Å². The van der Waals surface area contributed by atoms with Crippen LogP contribution in [0.1, 0.15) is 12.0 Å². The quantitative estimate of drug-likeness (QED) is 0.636. The molecule has 1 rings (SSSR count). The summed E-state index contributed by atoms with van der Waals surface area (Å²) >= 11 is 0. The summed E-state index contributed by atoms with van der Waals surface area (Å²) in [6.45, 7) is 2.28. The van der Waals surface area contributed by atoms with Crippen molar-refractivity contribution in [3.05, 3.63) is 28.4 Å². The summed E-state index contributed by atoms with van der Waals surface area (Å²) in [5, 5.41) is 8.30. The van der Waals surface area contributed by atoms with Gasteiger partial charge in [0.25, 0.3) is 0 Å². The van der Waals surface area contributed by atoms with Crippen LogP contribution in [0.5, 0.6) is 0 Å². The monoisotopic (exact) mass is 163 g/mol. The smallest absolute Gasteiger partial charge is 0.298 e. The third-order valence-electron chi connectivity index (χ3n) is 1.45. The highest BCUT2D eigenvalue weighted by Gasteiger charge is 1.95. The second-order valence-electron chi connectivity index (χ2n) is 2.52. The van der Waals surface area contributed by atoms with Crippen molar-refractivity contribution < 1.29 is 0 Å². The van der Waals surface area contributed by atoms with Crippen molar-refractivity contribution in [3.63, 3.8) is 0 Å². The van der Waals surface area contributed by atoms with Gasteiger partial charge in [-0.05, 0) is 12.5 Å². The molecular formula is C8H9N3O. The van der Waals surface area contributed by atoms with Crippen LogP contribution in [-0.2, 0) is 6.54 Å². The van der Waals surface area contributed by atoms with Gasteiger partial charge in [-0.15, -0.1) is 0 Å². The molecule has 0 amide bonds. The van der Waals surface area contributed by atoms with E-state index >= 15 is 0 Å². The predicted molar refractivity (Wildman–Crippen MR) is 43.5 cm³/mol. The summed E-state index contributed by atoms with van der Waals surface area (Å²) in [6, 6.07) is 1.98. The first kappa shape index (κ1) is 8.47. The highest BCUT2D eigenvalue weighted by molar-refractivity contribution is 4.99. The third-order valence-corrected chi connectivity index (χ3v) is 1.45. The second-order valence-corrected chi connectivity index (χ2v) is 2.52. The Morgan fingerprint density at radius 1 is 1.75 bits per heavy atom. The van der Waals surface area contributed by atoms with Crippen molar-refractivity contribution in [2.24, 2.45) is 0 Å². The molecule has 1 aromatic heterocycles. The molecule has 4 heteroatoms. The standard InChI is InChI=1S/C8H9N3O/c1-7-5-10-8(12)11(6-7)4-2-3-9/h5-6H,2,4H2,1H3. The molecule has 62 valence electrons. The van der Waals surface area contributed by atoms with E-state index in [1.54, 1.807) is 6.20 Å². The molecule has 0 aromatic carbocycles. The number of nitriles is 1. The van der Waals surface area contributed by atoms with Crippen LogP contribution in [0.25, 0.3) is 0 Å². The largest absolute Gasteiger partial charge is 0.347 e. The fourth-order valence-corrected chi connectivity index (χ4v) is 0.896. The van der Waals surface area contributed by atoms with Gasteiger partial charge in [0.2, 0.25) is 0 Å². The summed E-state index contributed by atoms with van der Waals surface area (Å²) in [5.41, 5.74) is 0.628. The predicted octanol–water partition coefficient (Wildman–Crippen LogP) is 0.465. The minimum Gasteiger partial charge on any atom is -0.298 e. The zero-order valence-corrected chi connectivity index (χ0v) is 6.82. The molecule has 4 nitrogen and oxygen atoms in total. The van der Waals surface area contributed by atoms with Crippen LogP contribution < -0.4 is 5.69 Å². The zero-order valence-electron chi connectivity index (χ0n) is 6.82. The molecule has 0 unspecified atom stereocenters. The normalized spacial score (nSPS) is 9.33. The minimum absolute atomic E-state index is 0.296. The average Bonchev–Trinajstić information content (AvgIpc) is 2.07. The highest BCUT2D eigenvalue weighted by atomic mass is 16.1. The maximum Gasteiger partial charge on any atom is 0.347 e. The van der Waals surface area contributed by atoms with Gasteiger partial charge in [0.15, 0.2) is 0 Å². The Bertz CT molecular complexity index is 361. The molecule has 0 radical (unpaired) electrons. The van der Waals surface area contributed by atoms with E-state index in [0.29, 0.717) is 13.0 Å². The maximum absolute atomic E-state index is 11.0. The first-order valence-corrected chi connectivity index (χ1v) is 3.64. The summed E-state index contributed by atoms with van der Waals surface area (Å²) in [7, 11) is 0. The lowest BCUT2D eigenvalue weighted by Crippen LogP contribution is -2.22. The molecule has 1 aromatic rings. The Labute approximate surface area is 70.1 Å². The maximum atomic E-state index is 11.0. The lowest BCUT2D eigenvalue weighted by molar-refractivity contribution is 0.659. The molecular weight excluding hydrogens is 154 g/mol. The van der Waals surface area contributed by atoms with Gasteiger partial charge in [0.1, 0.15) is 0 Å². The molecule has 12 heavy (non-hydrogen) atoms. The number of hydrogen-bond donors (Lipinski definition) is 0. The molecule has 0 aliphatic rings. The topological polar surface area (TPSA) is 58.7 Å². The molecule has 1 heterocycles. The fraction of sp³-hybridized carbons (Fsp3) is 0.375. The Balaban J connectivity index is 2.92. The van der Waals surface area contributed by atoms with E-state index in [-0.39, 0.29) is 5.69 Å². The molecule has 0 spiro atoms. The van der Waals surface area contributed by atoms with Gasteiger partial charge < -0.3 is 0 Å². The van der Waals surface area contributed by atoms with Gasteiger partial charge in [-0.2, -0.15) is 5.26 Å². The van der Waals surface area contributed by atoms with E-state index in [0.717, 1.165) is 5.56 Å². The number of rotatable bonds is 2. The average molecular weight is 163 g/mol. The van der Waals surface area contributed by atoms with Crippen molar-refractivity contribution in [3.8, 4) is 6.07 Å². The Morgan fingerprint density at radius 3 is 3.17 bits per heavy atom. The fourth-order valence-electron chi connectivity index (χ4n) is 0.896. The van der Waals surface area contributed by atoms with E-state index in [1.807, 2.05) is 13.0 Å². The van der Waals surface area contributed by atoms with E-state index < -0.39 is 0 Å². The van der Waals surface area contributed by atoms with E-state index in [2.05, 4.69) is 4.98 Å². The van der Waals surface area contributed by atoms with E-state index in [9.17, 15) is 4.79 Å². The first-order chi connectivity index (χ1) is 5.74. The number of hydrogen-bond acceptors (Lipinski definition) is 3. The molecule has 0 aliphatic heterocycles. The summed E-state index contributed by atoms with van der Waals surface area (Å²) in [5.74, 6) is 0. The lowest BCUT2D eigenvalue weighted by Gasteiger charge is -2.00. The first-order valence-electron chi connectivity index (χ1n) is 3.64. The molecule has 0 saturated heterocycles. The minimum atomic E-state index is -0.296. The van der Waals surface area contributed by atoms with Crippen molar-refractivity contribution >= 4 is 0 Å². The SMILES string of the molecule is Cc1cnc(=O)n(CCC#N)c1. The van der Waals surface area contributed by atoms with Crippen LogP contribution in [0.2, 0.25) is 0 Å². The molecule has 0 saturated carbocycles. The number of nitrogens with zero attached hydrogens (tertiary/aromatic N) is 3. The zero-order chi connectivity index (χ0) is 8.97. The second kappa shape index (κ2) is 3.67. The van der Waals surface area contributed by atoms with Gasteiger partial charge in [-0.1, -0.05) is 0 Å². The van der Waals surface area contributed by atoms with Crippen molar-refractivity contribution in [2.45, 2.75) is 19.9 Å². The molecule has 0 fully saturated rings. The lowest BCUT2D eigenvalue weighted by atomic mass is 10.4. The van der Waals surface area contributed by atoms with Gasteiger partial charge >= 0.3 is 5.69 Å². The van der Waals surface area contributed by atoms with Crippen molar-refractivity contribution in [1.29, 1.82) is 5.26 Å². The van der Waals surface area contributed by atoms with Crippen LogP contribution >= 0.6 is 0 Å². The van der Waals surface area contributed by atoms with E-state index in [1.165, 1.54) is 10.8 Å². The summed E-state index contributed by atoms with van der Waals surface area (Å²) in [6.07, 6.45) is 3.56. The molecule has 0 bridgehead atoms. The number of aryl methyl sites for hydroxylation is 2. The van der Waals surface area contributed by atoms with Crippen LogP contribution in [0.4, 0.5) is 0 Å². The molecule has 0 N–H and O–H groups in total. The molecule has 0 aliphatic carbocycles. The Hall–Kier alpha value is -1.63. The van der Waals surface area contributed by atoms with E-state index in [4.69, 9.17) is 5.26 Å². The van der Waals surface area contributed by atoms with Crippen LogP contribution in [0.15, 0.2) is 17.2 Å². The van der Waals surface area contributed by atoms with Crippen LogP contribution in [0.3, 0.4) is 0 Å². The van der Waals surface area contributed by atoms with Crippen LogP contribution in [0, 0.1) is 18.3 Å². The van der Waals surface area contributed by atoms with Crippen molar-refractivity contribution in [2.75, 3.05) is 0 Å². The molecule has 0 atom stereocenters. The van der Waals surface area contributed by atoms with Gasteiger partial charge in [0, 0.05) is 18.9 Å². The number of aromatic nitrogens is 2. The van der Waals surface area contributed by atoms with Crippen LogP contribution in [-0.4, -0.2) is 9.55 Å².